The van der Waals surface area contributed by atoms with Crippen molar-refractivity contribution in [3.05, 3.63) is 134 Å². The van der Waals surface area contributed by atoms with Crippen LogP contribution in [0.15, 0.2) is 134 Å². The lowest BCUT2D eigenvalue weighted by Gasteiger charge is -2.25. The molecule has 0 rings (SSSR count). The number of allylic oxidation sites excluding steroid dienone is 21. The van der Waals surface area contributed by atoms with Crippen molar-refractivity contribution in [3.63, 3.8) is 0 Å². The lowest BCUT2D eigenvalue weighted by molar-refractivity contribution is -0.870. The zero-order chi connectivity index (χ0) is 45.7. The molecule has 3 unspecified atom stereocenters. The molecule has 8 nitrogen and oxygen atoms in total. The molecule has 3 atom stereocenters. The Morgan fingerprint density at radius 1 is 0.565 bits per heavy atom. The molecule has 0 bridgehead atoms. The van der Waals surface area contributed by atoms with Crippen molar-refractivity contribution in [2.24, 2.45) is 0 Å². The number of nitrogens with zero attached hydrogens (tertiary/aromatic N) is 1. The van der Waals surface area contributed by atoms with Gasteiger partial charge in [0.05, 0.1) is 39.9 Å². The molecule has 350 valence electrons. The molecule has 0 spiro atoms. The van der Waals surface area contributed by atoms with Crippen LogP contribution in [-0.2, 0) is 18.4 Å². The molecule has 0 saturated heterocycles. The van der Waals surface area contributed by atoms with E-state index < -0.39 is 20.0 Å². The smallest absolute Gasteiger partial charge is 0.387 e. The number of aliphatic hydroxyl groups excluding tert-OH is 1. The fraction of sp³-hybridized carbons (Fsp3) is 0.566. The summed E-state index contributed by atoms with van der Waals surface area (Å²) >= 11 is 0. The quantitative estimate of drug-likeness (QED) is 0.0245. The SMILES string of the molecule is CC/C=C\C/C=C\C/C=C\C/C=C\C/C=C\C/C=C\C/C=C\C/C=C\C/C=C\CCCCCC(=O)NC(COP(=O)(O)OCC[N+](C)(C)C)C(O)/C=C/CC/C=C/CCCCC. The number of aliphatic hydroxyl groups is 1. The van der Waals surface area contributed by atoms with Gasteiger partial charge in [0.15, 0.2) is 0 Å². The predicted molar refractivity (Wildman–Crippen MR) is 267 cm³/mol. The lowest BCUT2D eigenvalue weighted by atomic mass is 10.1. The van der Waals surface area contributed by atoms with E-state index in [1.807, 2.05) is 27.2 Å². The first-order chi connectivity index (χ1) is 30.0. The summed E-state index contributed by atoms with van der Waals surface area (Å²) in [5, 5.41) is 13.7. The largest absolute Gasteiger partial charge is 0.472 e. The molecule has 0 heterocycles. The van der Waals surface area contributed by atoms with E-state index >= 15 is 0 Å². The third-order valence-electron chi connectivity index (χ3n) is 9.35. The van der Waals surface area contributed by atoms with Gasteiger partial charge in [0.25, 0.3) is 0 Å². The van der Waals surface area contributed by atoms with Gasteiger partial charge in [0.2, 0.25) is 5.91 Å². The zero-order valence-electron chi connectivity index (χ0n) is 39.5. The summed E-state index contributed by atoms with van der Waals surface area (Å²) in [6, 6.07) is -0.889. The van der Waals surface area contributed by atoms with Gasteiger partial charge in [0.1, 0.15) is 13.2 Å². The number of carbonyl (C=O) groups excluding carboxylic acids is 1. The summed E-state index contributed by atoms with van der Waals surface area (Å²) in [6.45, 7) is 4.55. The Bertz CT molecular complexity index is 1460. The van der Waals surface area contributed by atoms with E-state index in [1.165, 1.54) is 19.3 Å². The van der Waals surface area contributed by atoms with Gasteiger partial charge >= 0.3 is 7.82 Å². The molecule has 0 saturated carbocycles. The third kappa shape index (κ3) is 44.7. The minimum absolute atomic E-state index is 0.0407. The van der Waals surface area contributed by atoms with E-state index in [4.69, 9.17) is 9.05 Å². The van der Waals surface area contributed by atoms with Gasteiger partial charge in [0, 0.05) is 6.42 Å². The number of amides is 1. The minimum Gasteiger partial charge on any atom is -0.387 e. The second-order valence-electron chi connectivity index (χ2n) is 16.4. The van der Waals surface area contributed by atoms with E-state index in [-0.39, 0.29) is 19.1 Å². The van der Waals surface area contributed by atoms with Gasteiger partial charge in [-0.2, -0.15) is 0 Å². The first kappa shape index (κ1) is 58.6. The number of phosphoric acid groups is 1. The van der Waals surface area contributed by atoms with E-state index in [9.17, 15) is 19.4 Å². The average Bonchev–Trinajstić information content (AvgIpc) is 3.23. The van der Waals surface area contributed by atoms with Gasteiger partial charge in [-0.05, 0) is 103 Å². The molecule has 0 aliphatic rings. The second kappa shape index (κ2) is 42.9. The predicted octanol–water partition coefficient (Wildman–Crippen LogP) is 13.6. The number of quaternary nitrogens is 1. The Kier molecular flexibility index (Phi) is 40.6. The van der Waals surface area contributed by atoms with Crippen LogP contribution in [0.25, 0.3) is 0 Å². The number of phosphoric ester groups is 1. The van der Waals surface area contributed by atoms with E-state index in [0.29, 0.717) is 23.9 Å². The van der Waals surface area contributed by atoms with Gasteiger partial charge in [-0.15, -0.1) is 0 Å². The highest BCUT2D eigenvalue weighted by Crippen LogP contribution is 2.43. The zero-order valence-corrected chi connectivity index (χ0v) is 40.4. The van der Waals surface area contributed by atoms with Gasteiger partial charge < -0.3 is 19.8 Å². The number of unbranched alkanes of at least 4 members (excludes halogenated alkanes) is 7. The summed E-state index contributed by atoms with van der Waals surface area (Å²) in [6.07, 6.45) is 65.5. The summed E-state index contributed by atoms with van der Waals surface area (Å²) in [7, 11) is 1.50. The molecular weight excluding hydrogens is 792 g/mol. The fourth-order valence-electron chi connectivity index (χ4n) is 5.63. The van der Waals surface area contributed by atoms with Crippen molar-refractivity contribution in [1.29, 1.82) is 0 Å². The first-order valence-electron chi connectivity index (χ1n) is 23.6. The van der Waals surface area contributed by atoms with Crippen molar-refractivity contribution in [1.82, 2.24) is 5.32 Å². The molecule has 0 aromatic rings. The van der Waals surface area contributed by atoms with Crippen LogP contribution in [0.2, 0.25) is 0 Å². The Labute approximate surface area is 379 Å². The Morgan fingerprint density at radius 3 is 1.45 bits per heavy atom. The fourth-order valence-corrected chi connectivity index (χ4v) is 6.37. The normalized spacial score (nSPS) is 15.4. The Hall–Kier alpha value is -3.36. The lowest BCUT2D eigenvalue weighted by Crippen LogP contribution is -2.45. The molecule has 0 radical (unpaired) electrons. The van der Waals surface area contributed by atoms with Gasteiger partial charge in [-0.25, -0.2) is 4.57 Å². The maximum atomic E-state index is 12.8. The monoisotopic (exact) mass is 880 g/mol. The average molecular weight is 880 g/mol. The molecule has 0 aliphatic carbocycles. The van der Waals surface area contributed by atoms with Crippen molar-refractivity contribution < 1.29 is 32.9 Å². The van der Waals surface area contributed by atoms with Gasteiger partial charge in [-0.3, -0.25) is 13.8 Å². The number of likely N-dealkylation sites (N-methyl/N-ethyl adjacent to an activating group) is 1. The van der Waals surface area contributed by atoms with Crippen molar-refractivity contribution in [2.75, 3.05) is 40.9 Å². The van der Waals surface area contributed by atoms with Crippen LogP contribution in [0, 0.1) is 0 Å². The van der Waals surface area contributed by atoms with E-state index in [2.05, 4.69) is 141 Å². The van der Waals surface area contributed by atoms with Crippen LogP contribution < -0.4 is 5.32 Å². The number of hydrogen-bond donors (Lipinski definition) is 3. The molecule has 0 aromatic carbocycles. The van der Waals surface area contributed by atoms with Crippen molar-refractivity contribution in [2.45, 2.75) is 154 Å². The topological polar surface area (TPSA) is 105 Å². The van der Waals surface area contributed by atoms with Crippen LogP contribution in [0.4, 0.5) is 0 Å². The highest BCUT2D eigenvalue weighted by molar-refractivity contribution is 7.47. The number of hydrogen-bond acceptors (Lipinski definition) is 5. The highest BCUT2D eigenvalue weighted by atomic mass is 31.2. The maximum Gasteiger partial charge on any atom is 0.472 e. The molecule has 3 N–H and O–H groups in total. The molecular formula is C53H88N2O6P+. The Morgan fingerprint density at radius 2 is 0.984 bits per heavy atom. The van der Waals surface area contributed by atoms with Crippen LogP contribution in [0.1, 0.15) is 142 Å². The van der Waals surface area contributed by atoms with E-state index in [0.717, 1.165) is 96.3 Å². The summed E-state index contributed by atoms with van der Waals surface area (Å²) in [5.41, 5.74) is 0. The second-order valence-corrected chi connectivity index (χ2v) is 17.8. The summed E-state index contributed by atoms with van der Waals surface area (Å²) < 4.78 is 23.4. The molecule has 0 aromatic heterocycles. The minimum atomic E-state index is -4.36. The third-order valence-corrected chi connectivity index (χ3v) is 10.3. The van der Waals surface area contributed by atoms with Crippen LogP contribution in [0.3, 0.4) is 0 Å². The first-order valence-corrected chi connectivity index (χ1v) is 25.1. The molecule has 0 fully saturated rings. The van der Waals surface area contributed by atoms with E-state index in [1.54, 1.807) is 6.08 Å². The van der Waals surface area contributed by atoms with Crippen molar-refractivity contribution >= 4 is 13.7 Å². The van der Waals surface area contributed by atoms with Gasteiger partial charge in [-0.1, -0.05) is 167 Å². The number of nitrogens with one attached hydrogen (secondary N) is 1. The summed E-state index contributed by atoms with van der Waals surface area (Å²) in [5.74, 6) is -0.230. The highest BCUT2D eigenvalue weighted by Gasteiger charge is 2.27. The number of rotatable bonds is 40. The maximum absolute atomic E-state index is 12.8. The van der Waals surface area contributed by atoms with Crippen molar-refractivity contribution in [3.8, 4) is 0 Å². The molecule has 0 aliphatic heterocycles. The molecule has 9 heteroatoms. The molecule has 1 amide bonds. The standard InChI is InChI=1S/C53H87N2O6P/c1-6-8-10-12-14-16-17-18-19-20-21-22-23-24-25-26-27-28-29-30-31-32-33-34-35-36-37-39-41-43-45-47-53(57)54-51(50-61-62(58,59)60-49-48-55(3,4)5)52(56)46-44-42-40-38-15-13-11-9-7-2/h8,10,14-16,18-19,21-22,24-25,27-28,30-31,33-34,36-38,44,46,51-52,56H,6-7,9,11-13,17,20,23,26,29,32,35,39-43,45,47-50H2,1-5H3,(H-,54,57,58,59)/p+1/b10-8-,16-14-,19-18-,22-21-,25-24-,28-27-,31-30-,34-33-,37-36-,38-15+,46-44+. The Balaban J connectivity index is 4.32. The van der Waals surface area contributed by atoms with Crippen LogP contribution in [0.5, 0.6) is 0 Å². The van der Waals surface area contributed by atoms with Crippen LogP contribution >= 0.6 is 7.82 Å². The molecule has 62 heavy (non-hydrogen) atoms. The number of carbonyl (C=O) groups is 1. The van der Waals surface area contributed by atoms with Crippen LogP contribution in [-0.4, -0.2) is 73.4 Å². The summed E-state index contributed by atoms with van der Waals surface area (Å²) in [4.78, 5) is 23.1.